The maximum Gasteiger partial charge on any atom is 0.269 e. The third-order valence-electron chi connectivity index (χ3n) is 6.63. The first kappa shape index (κ1) is 48.7. The molecular formula is C33H51N6O13P. The molecule has 3 unspecified atom stereocenters. The summed E-state index contributed by atoms with van der Waals surface area (Å²) in [7, 11) is 12.4. The Morgan fingerprint density at radius 3 is 0.736 bits per heavy atom. The minimum Gasteiger partial charge on any atom is -0.822 e. The average molecular weight is 771 g/mol. The molecular weight excluding hydrogens is 719 g/mol. The van der Waals surface area contributed by atoms with E-state index in [2.05, 4.69) is 0 Å². The molecule has 0 bridgehead atoms. The van der Waals surface area contributed by atoms with E-state index in [4.69, 9.17) is 19.2 Å². The standard InChI is InChI=1S/3C11H17N2O3.H3O4P/c3*1-13(2,3)8-11(14)9-4-6-10(7-5-9)12(15)16;1-5(2,3)4/h3*4-7,11,14H,8H2,1-3H3;(H3,1,2,3,4)/q3*+1;/p-3. The van der Waals surface area contributed by atoms with Crippen molar-refractivity contribution in [1.29, 1.82) is 0 Å². The molecule has 3 N–H and O–H groups in total. The number of hydrogen-bond donors (Lipinski definition) is 3. The zero-order chi connectivity index (χ0) is 41.5. The van der Waals surface area contributed by atoms with Crippen molar-refractivity contribution < 1.29 is 62.8 Å². The summed E-state index contributed by atoms with van der Waals surface area (Å²) >= 11 is 0. The summed E-state index contributed by atoms with van der Waals surface area (Å²) in [5.74, 6) is 0. The number of benzene rings is 3. The smallest absolute Gasteiger partial charge is 0.269 e. The number of aliphatic hydroxyl groups excluding tert-OH is 3. The van der Waals surface area contributed by atoms with Gasteiger partial charge in [0.15, 0.2) is 0 Å². The zero-order valence-electron chi connectivity index (χ0n) is 31.3. The summed E-state index contributed by atoms with van der Waals surface area (Å²) in [4.78, 5) is 55.7. The molecule has 0 aliphatic carbocycles. The van der Waals surface area contributed by atoms with Gasteiger partial charge in [-0.15, -0.1) is 0 Å². The number of nitrogens with zero attached hydrogens (tertiary/aromatic N) is 6. The number of quaternary nitrogens is 3. The van der Waals surface area contributed by atoms with Crippen molar-refractivity contribution in [2.45, 2.75) is 18.3 Å². The third kappa shape index (κ3) is 23.8. The van der Waals surface area contributed by atoms with Crippen LogP contribution in [0, 0.1) is 30.3 Å². The Morgan fingerprint density at radius 1 is 0.472 bits per heavy atom. The van der Waals surface area contributed by atoms with Gasteiger partial charge in [-0.25, -0.2) is 0 Å². The molecule has 0 aliphatic heterocycles. The van der Waals surface area contributed by atoms with Crippen molar-refractivity contribution in [2.75, 3.05) is 83.1 Å². The average Bonchev–Trinajstić information content (AvgIpc) is 2.98. The lowest BCUT2D eigenvalue weighted by atomic mass is 10.1. The van der Waals surface area contributed by atoms with Crippen LogP contribution in [0.15, 0.2) is 72.8 Å². The fraction of sp³-hybridized carbons (Fsp3) is 0.455. The number of aliphatic hydroxyl groups is 3. The van der Waals surface area contributed by atoms with Crippen LogP contribution in [0.2, 0.25) is 0 Å². The van der Waals surface area contributed by atoms with Crippen LogP contribution < -0.4 is 14.7 Å². The molecule has 0 saturated heterocycles. The Hall–Kier alpha value is -4.27. The summed E-state index contributed by atoms with van der Waals surface area (Å²) < 4.78 is 10.5. The van der Waals surface area contributed by atoms with Gasteiger partial charge in [-0.05, 0) is 53.1 Å². The van der Waals surface area contributed by atoms with Gasteiger partial charge in [-0.1, -0.05) is 0 Å². The Balaban J connectivity index is 0.000000718. The summed E-state index contributed by atoms with van der Waals surface area (Å²) in [5, 5.41) is 61.1. The predicted octanol–water partition coefficient (Wildman–Crippen LogP) is 1.18. The first-order chi connectivity index (χ1) is 23.9. The lowest BCUT2D eigenvalue weighted by molar-refractivity contribution is -0.874. The number of non-ortho nitro benzene ring substituents is 3. The summed E-state index contributed by atoms with van der Waals surface area (Å²) in [6.45, 7) is 1.70. The number of nitro groups is 3. The van der Waals surface area contributed by atoms with Gasteiger partial charge in [-0.3, -0.25) is 30.3 Å². The van der Waals surface area contributed by atoms with Gasteiger partial charge in [0.05, 0.1) is 78.2 Å². The molecule has 3 aromatic carbocycles. The summed E-state index contributed by atoms with van der Waals surface area (Å²) in [6, 6.07) is 18.0. The van der Waals surface area contributed by atoms with Gasteiger partial charge in [-0.2, -0.15) is 7.82 Å². The second-order valence-corrected chi connectivity index (χ2v) is 15.9. The van der Waals surface area contributed by atoms with Gasteiger partial charge >= 0.3 is 0 Å². The van der Waals surface area contributed by atoms with Crippen molar-refractivity contribution in [3.05, 3.63) is 120 Å². The number of phosphoric acid groups is 1. The van der Waals surface area contributed by atoms with E-state index in [0.29, 0.717) is 49.8 Å². The number of hydrogen-bond acceptors (Lipinski definition) is 13. The van der Waals surface area contributed by atoms with Crippen LogP contribution in [0.1, 0.15) is 35.0 Å². The molecule has 0 saturated carbocycles. The summed E-state index contributed by atoms with van der Waals surface area (Å²) in [5.41, 5.74) is 2.25. The molecule has 0 radical (unpaired) electrons. The molecule has 3 atom stereocenters. The van der Waals surface area contributed by atoms with E-state index in [1.165, 1.54) is 36.4 Å². The predicted molar refractivity (Wildman–Crippen MR) is 190 cm³/mol. The molecule has 0 aromatic heterocycles. The molecule has 19 nitrogen and oxygen atoms in total. The van der Waals surface area contributed by atoms with Crippen molar-refractivity contribution in [2.24, 2.45) is 0 Å². The van der Waals surface area contributed by atoms with E-state index in [-0.39, 0.29) is 17.1 Å². The highest BCUT2D eigenvalue weighted by Gasteiger charge is 2.20. The lowest BCUT2D eigenvalue weighted by Gasteiger charge is -2.36. The van der Waals surface area contributed by atoms with E-state index < -0.39 is 40.9 Å². The summed E-state index contributed by atoms with van der Waals surface area (Å²) in [6.07, 6.45) is -1.79. The molecule has 0 amide bonds. The number of nitro benzene ring substituents is 3. The Bertz CT molecular complexity index is 1450. The largest absolute Gasteiger partial charge is 0.822 e. The van der Waals surface area contributed by atoms with Gasteiger partial charge in [0.1, 0.15) is 37.9 Å². The van der Waals surface area contributed by atoms with Gasteiger partial charge in [0.2, 0.25) is 0 Å². The van der Waals surface area contributed by atoms with Gasteiger partial charge < -0.3 is 48.0 Å². The first-order valence-corrected chi connectivity index (χ1v) is 17.3. The van der Waals surface area contributed by atoms with Crippen molar-refractivity contribution in [3.63, 3.8) is 0 Å². The maximum absolute atomic E-state index is 10.5. The normalized spacial score (nSPS) is 13.3. The van der Waals surface area contributed by atoms with Gasteiger partial charge in [0, 0.05) is 36.4 Å². The quantitative estimate of drug-likeness (QED) is 0.101. The number of likely N-dealkylation sites (N-methyl/N-ethyl adjacent to an activating group) is 3. The molecule has 20 heteroatoms. The van der Waals surface area contributed by atoms with E-state index >= 15 is 0 Å². The third-order valence-corrected chi connectivity index (χ3v) is 6.63. The van der Waals surface area contributed by atoms with Crippen LogP contribution in [0.5, 0.6) is 0 Å². The highest BCUT2D eigenvalue weighted by atomic mass is 31.2. The Morgan fingerprint density at radius 2 is 0.623 bits per heavy atom. The van der Waals surface area contributed by atoms with Crippen molar-refractivity contribution in [3.8, 4) is 0 Å². The number of rotatable bonds is 12. The Labute approximate surface area is 308 Å². The fourth-order valence-corrected chi connectivity index (χ4v) is 4.33. The van der Waals surface area contributed by atoms with E-state index in [9.17, 15) is 45.7 Å². The lowest BCUT2D eigenvalue weighted by Crippen LogP contribution is -2.38. The highest BCUT2D eigenvalue weighted by molar-refractivity contribution is 7.40. The van der Waals surface area contributed by atoms with Gasteiger partial charge in [0.25, 0.3) is 17.1 Å². The fourth-order valence-electron chi connectivity index (χ4n) is 4.33. The molecule has 3 rings (SSSR count). The van der Waals surface area contributed by atoms with Crippen LogP contribution in [-0.4, -0.2) is 127 Å². The highest BCUT2D eigenvalue weighted by Crippen LogP contribution is 2.21. The second-order valence-electron chi connectivity index (χ2n) is 15.0. The maximum atomic E-state index is 10.5. The monoisotopic (exact) mass is 770 g/mol. The van der Waals surface area contributed by atoms with Crippen LogP contribution in [0.4, 0.5) is 17.1 Å². The Kier molecular flexibility index (Phi) is 19.2. The molecule has 0 fully saturated rings. The topological polar surface area (TPSA) is 276 Å². The molecule has 0 heterocycles. The van der Waals surface area contributed by atoms with Crippen LogP contribution in [0.25, 0.3) is 0 Å². The van der Waals surface area contributed by atoms with E-state index in [0.717, 1.165) is 0 Å². The van der Waals surface area contributed by atoms with Crippen molar-refractivity contribution in [1.82, 2.24) is 0 Å². The van der Waals surface area contributed by atoms with Crippen molar-refractivity contribution >= 4 is 24.9 Å². The molecule has 53 heavy (non-hydrogen) atoms. The van der Waals surface area contributed by atoms with Crippen LogP contribution >= 0.6 is 7.82 Å². The molecule has 0 spiro atoms. The first-order valence-electron chi connectivity index (χ1n) is 15.8. The second kappa shape index (κ2) is 20.8. The van der Waals surface area contributed by atoms with E-state index in [1.807, 2.05) is 63.4 Å². The van der Waals surface area contributed by atoms with Crippen LogP contribution in [0.3, 0.4) is 0 Å². The minimum absolute atomic E-state index is 0.0428. The van der Waals surface area contributed by atoms with E-state index in [1.54, 1.807) is 36.4 Å². The molecule has 3 aromatic rings. The zero-order valence-corrected chi connectivity index (χ0v) is 32.2. The SMILES string of the molecule is C[N+](C)(C)CC(O)c1ccc([N+](=O)[O-])cc1.C[N+](C)(C)CC(O)c1ccc([N+](=O)[O-])cc1.C[N+](C)(C)CC(O)c1ccc([N+](=O)[O-])cc1.O=P([O-])([O-])[O-]. The minimum atomic E-state index is -5.39. The van der Waals surface area contributed by atoms with Crippen LogP contribution in [-0.2, 0) is 4.57 Å². The molecule has 296 valence electrons. The molecule has 0 aliphatic rings.